The van der Waals surface area contributed by atoms with E-state index in [-0.39, 0.29) is 36.3 Å². The highest BCUT2D eigenvalue weighted by Gasteiger charge is 2.15. The molecule has 7 heteroatoms. The van der Waals surface area contributed by atoms with Gasteiger partial charge in [-0.05, 0) is 24.6 Å². The van der Waals surface area contributed by atoms with Gasteiger partial charge in [-0.2, -0.15) is 0 Å². The number of carboxylic acid groups (broad SMARTS) is 1. The van der Waals surface area contributed by atoms with E-state index in [9.17, 15) is 24.6 Å². The smallest absolute Gasteiger partial charge is 0.340 e. The first-order valence-corrected chi connectivity index (χ1v) is 6.60. The van der Waals surface area contributed by atoms with Gasteiger partial charge in [0.2, 0.25) is 5.91 Å². The zero-order valence-electron chi connectivity index (χ0n) is 11.8. The Morgan fingerprint density at radius 2 is 2.09 bits per heavy atom. The molecule has 0 atom stereocenters. The first-order valence-electron chi connectivity index (χ1n) is 6.60. The Hall–Kier alpha value is -2.83. The Balaban J connectivity index is 2.24. The number of carboxylic acids is 1. The van der Waals surface area contributed by atoms with Crippen molar-refractivity contribution in [3.05, 3.63) is 39.7 Å². The number of phenolic OH excluding ortho intramolecular Hbond substituents is 1. The van der Waals surface area contributed by atoms with Gasteiger partial charge in [-0.1, -0.05) is 0 Å². The van der Waals surface area contributed by atoms with Gasteiger partial charge in [0.1, 0.15) is 11.3 Å². The number of nitrogens with one attached hydrogen (secondary N) is 1. The maximum atomic E-state index is 12.0. The van der Waals surface area contributed by atoms with Gasteiger partial charge in [-0.15, -0.1) is 0 Å². The van der Waals surface area contributed by atoms with Crippen molar-refractivity contribution in [2.24, 2.45) is 0 Å². The van der Waals surface area contributed by atoms with Crippen LogP contribution in [0.4, 0.5) is 0 Å². The molecule has 0 radical (unpaired) electrons. The SMILES string of the molecule is Cc1c(CC(=O)NCCC(=O)[O-])c(=O)oc2cc(O)ccc12. The monoisotopic (exact) mass is 304 g/mol. The molecule has 0 fully saturated rings. The minimum atomic E-state index is -1.26. The van der Waals surface area contributed by atoms with Crippen LogP contribution in [0.5, 0.6) is 5.75 Å². The van der Waals surface area contributed by atoms with E-state index in [1.807, 2.05) is 0 Å². The van der Waals surface area contributed by atoms with Gasteiger partial charge in [-0.25, -0.2) is 4.79 Å². The number of rotatable bonds is 5. The van der Waals surface area contributed by atoms with E-state index in [4.69, 9.17) is 4.42 Å². The number of phenols is 1. The summed E-state index contributed by atoms with van der Waals surface area (Å²) in [6, 6.07) is 4.38. The lowest BCUT2D eigenvalue weighted by Crippen LogP contribution is -2.32. The summed E-state index contributed by atoms with van der Waals surface area (Å²) in [5.41, 5.74) is 0.361. The topological polar surface area (TPSA) is 120 Å². The quantitative estimate of drug-likeness (QED) is 0.726. The summed E-state index contributed by atoms with van der Waals surface area (Å²) in [6.45, 7) is 1.62. The third kappa shape index (κ3) is 3.43. The number of aryl methyl sites for hydroxylation is 1. The fourth-order valence-corrected chi connectivity index (χ4v) is 2.11. The summed E-state index contributed by atoms with van der Waals surface area (Å²) in [7, 11) is 0. The van der Waals surface area contributed by atoms with Crippen LogP contribution in [0, 0.1) is 6.92 Å². The molecule has 0 aliphatic heterocycles. The molecule has 1 aromatic heterocycles. The molecule has 0 bridgehead atoms. The molecular formula is C15H14NO6-. The summed E-state index contributed by atoms with van der Waals surface area (Å²) in [4.78, 5) is 34.0. The van der Waals surface area contributed by atoms with Crippen molar-refractivity contribution in [2.75, 3.05) is 6.54 Å². The molecule has 1 amide bonds. The first-order chi connectivity index (χ1) is 10.4. The lowest BCUT2D eigenvalue weighted by molar-refractivity contribution is -0.305. The summed E-state index contributed by atoms with van der Waals surface area (Å²) in [5, 5.41) is 22.7. The summed E-state index contributed by atoms with van der Waals surface area (Å²) >= 11 is 0. The third-order valence-electron chi connectivity index (χ3n) is 3.26. The molecule has 1 aromatic carbocycles. The van der Waals surface area contributed by atoms with Crippen molar-refractivity contribution in [3.8, 4) is 5.75 Å². The first kappa shape index (κ1) is 15.6. The molecule has 0 aliphatic carbocycles. The van der Waals surface area contributed by atoms with Gasteiger partial charge >= 0.3 is 5.63 Å². The summed E-state index contributed by atoms with van der Waals surface area (Å²) in [5.74, 6) is -1.76. The van der Waals surface area contributed by atoms with Crippen molar-refractivity contribution in [2.45, 2.75) is 19.8 Å². The van der Waals surface area contributed by atoms with Crippen LogP contribution >= 0.6 is 0 Å². The molecule has 0 saturated carbocycles. The number of hydrogen-bond acceptors (Lipinski definition) is 6. The van der Waals surface area contributed by atoms with Gasteiger partial charge in [-0.3, -0.25) is 4.79 Å². The van der Waals surface area contributed by atoms with Gasteiger partial charge in [0.25, 0.3) is 0 Å². The van der Waals surface area contributed by atoms with E-state index < -0.39 is 17.5 Å². The molecule has 2 N–H and O–H groups in total. The lowest BCUT2D eigenvalue weighted by Gasteiger charge is -2.09. The Kier molecular flexibility index (Phi) is 4.45. The second kappa shape index (κ2) is 6.30. The molecule has 2 aromatic rings. The van der Waals surface area contributed by atoms with E-state index in [1.165, 1.54) is 12.1 Å². The maximum absolute atomic E-state index is 12.0. The average molecular weight is 304 g/mol. The normalized spacial score (nSPS) is 10.6. The van der Waals surface area contributed by atoms with Crippen molar-refractivity contribution in [3.63, 3.8) is 0 Å². The zero-order valence-corrected chi connectivity index (χ0v) is 11.8. The lowest BCUT2D eigenvalue weighted by atomic mass is 10.0. The molecule has 0 saturated heterocycles. The summed E-state index contributed by atoms with van der Waals surface area (Å²) < 4.78 is 5.10. The van der Waals surface area contributed by atoms with Gasteiger partial charge in [0.15, 0.2) is 0 Å². The Labute approximate surface area is 125 Å². The van der Waals surface area contributed by atoms with Crippen molar-refractivity contribution in [1.82, 2.24) is 5.32 Å². The van der Waals surface area contributed by atoms with E-state index >= 15 is 0 Å². The van der Waals surface area contributed by atoms with E-state index in [2.05, 4.69) is 5.32 Å². The number of amides is 1. The molecule has 0 aliphatic rings. The Morgan fingerprint density at radius 3 is 2.77 bits per heavy atom. The number of aliphatic carboxylic acids is 1. The van der Waals surface area contributed by atoms with E-state index in [0.29, 0.717) is 10.9 Å². The second-order valence-corrected chi connectivity index (χ2v) is 4.82. The van der Waals surface area contributed by atoms with E-state index in [1.54, 1.807) is 13.0 Å². The fraction of sp³-hybridized carbons (Fsp3) is 0.267. The van der Waals surface area contributed by atoms with Crippen LogP contribution in [0.25, 0.3) is 11.0 Å². The number of benzene rings is 1. The minimum Gasteiger partial charge on any atom is -0.550 e. The molecule has 22 heavy (non-hydrogen) atoms. The number of carbonyl (C=O) groups excluding carboxylic acids is 2. The van der Waals surface area contributed by atoms with Gasteiger partial charge in [0.05, 0.1) is 12.0 Å². The van der Waals surface area contributed by atoms with Crippen LogP contribution in [-0.2, 0) is 16.0 Å². The zero-order chi connectivity index (χ0) is 16.3. The van der Waals surface area contributed by atoms with Crippen LogP contribution in [0.15, 0.2) is 27.4 Å². The predicted molar refractivity (Wildman–Crippen MR) is 75.2 cm³/mol. The van der Waals surface area contributed by atoms with Crippen molar-refractivity contribution in [1.29, 1.82) is 0 Å². The van der Waals surface area contributed by atoms with E-state index in [0.717, 1.165) is 0 Å². The van der Waals surface area contributed by atoms with Crippen LogP contribution < -0.4 is 16.0 Å². The van der Waals surface area contributed by atoms with Crippen LogP contribution in [0.2, 0.25) is 0 Å². The molecule has 7 nitrogen and oxygen atoms in total. The second-order valence-electron chi connectivity index (χ2n) is 4.82. The highest BCUT2D eigenvalue weighted by molar-refractivity contribution is 5.85. The number of fused-ring (bicyclic) bond motifs is 1. The third-order valence-corrected chi connectivity index (χ3v) is 3.26. The molecule has 116 valence electrons. The number of aromatic hydroxyl groups is 1. The van der Waals surface area contributed by atoms with Crippen LogP contribution in [0.3, 0.4) is 0 Å². The minimum absolute atomic E-state index is 0.0252. The molecule has 0 unspecified atom stereocenters. The molecule has 0 spiro atoms. The van der Waals surface area contributed by atoms with Crippen molar-refractivity contribution >= 4 is 22.8 Å². The molecule has 2 rings (SSSR count). The number of hydrogen-bond donors (Lipinski definition) is 2. The van der Waals surface area contributed by atoms with Gasteiger partial charge in [0, 0.05) is 30.4 Å². The van der Waals surface area contributed by atoms with Crippen LogP contribution in [-0.4, -0.2) is 23.5 Å². The number of carbonyl (C=O) groups is 2. The highest BCUT2D eigenvalue weighted by atomic mass is 16.4. The Morgan fingerprint density at radius 1 is 1.36 bits per heavy atom. The van der Waals surface area contributed by atoms with Crippen LogP contribution in [0.1, 0.15) is 17.5 Å². The summed E-state index contributed by atoms with van der Waals surface area (Å²) in [6.07, 6.45) is -0.506. The largest absolute Gasteiger partial charge is 0.550 e. The molecular weight excluding hydrogens is 290 g/mol. The Bertz CT molecular complexity index is 792. The maximum Gasteiger partial charge on any atom is 0.340 e. The average Bonchev–Trinajstić information content (AvgIpc) is 2.42. The predicted octanol–water partition coefficient (Wildman–Crippen LogP) is -0.394. The standard InChI is InChI=1S/C15H15NO6/c1-8-10-3-2-9(17)6-12(10)22-15(21)11(8)7-13(18)16-5-4-14(19)20/h2-3,6,17H,4-5,7H2,1H3,(H,16,18)(H,19,20)/p-1. The molecule has 1 heterocycles. The highest BCUT2D eigenvalue weighted by Crippen LogP contribution is 2.23. The van der Waals surface area contributed by atoms with Crippen molar-refractivity contribution < 1.29 is 24.2 Å². The van der Waals surface area contributed by atoms with Gasteiger partial charge < -0.3 is 24.7 Å². The fourth-order valence-electron chi connectivity index (χ4n) is 2.11.